The van der Waals surface area contributed by atoms with Crippen molar-refractivity contribution in [2.24, 2.45) is 5.92 Å². The van der Waals surface area contributed by atoms with Gasteiger partial charge in [-0.2, -0.15) is 0 Å². The van der Waals surface area contributed by atoms with Crippen LogP contribution in [0.1, 0.15) is 35.2 Å². The number of aryl methyl sites for hydroxylation is 1. The molecule has 5 heteroatoms. The highest BCUT2D eigenvalue weighted by molar-refractivity contribution is 6.30. The molecule has 0 saturated carbocycles. The molecule has 4 aromatic rings. The van der Waals surface area contributed by atoms with Gasteiger partial charge < -0.3 is 9.88 Å². The number of carbonyl (C=O) groups is 1. The van der Waals surface area contributed by atoms with Crippen LogP contribution in [0.3, 0.4) is 0 Å². The minimum atomic E-state index is 0.0917. The number of likely N-dealkylation sites (tertiary alicyclic amines) is 1. The summed E-state index contributed by atoms with van der Waals surface area (Å²) < 4.78 is 2.40. The molecule has 1 fully saturated rings. The molecule has 35 heavy (non-hydrogen) atoms. The van der Waals surface area contributed by atoms with E-state index in [0.717, 1.165) is 49.6 Å². The van der Waals surface area contributed by atoms with Crippen LogP contribution in [0.25, 0.3) is 10.9 Å². The monoisotopic (exact) mass is 485 g/mol. The van der Waals surface area contributed by atoms with Gasteiger partial charge in [0.2, 0.25) is 5.91 Å². The van der Waals surface area contributed by atoms with E-state index in [2.05, 4.69) is 82.4 Å². The van der Waals surface area contributed by atoms with E-state index < -0.39 is 0 Å². The Labute approximate surface area is 212 Å². The molecule has 3 aromatic carbocycles. The number of fused-ring (bicyclic) bond motifs is 1. The van der Waals surface area contributed by atoms with Gasteiger partial charge in [-0.05, 0) is 73.6 Å². The van der Waals surface area contributed by atoms with Crippen LogP contribution >= 0.6 is 11.6 Å². The van der Waals surface area contributed by atoms with Crippen molar-refractivity contribution in [3.05, 3.63) is 106 Å². The molecular formula is C30H32ClN3O. The van der Waals surface area contributed by atoms with Gasteiger partial charge in [0.1, 0.15) is 0 Å². The number of benzene rings is 3. The van der Waals surface area contributed by atoms with E-state index in [4.69, 9.17) is 11.6 Å². The van der Waals surface area contributed by atoms with Crippen LogP contribution in [0.15, 0.2) is 78.9 Å². The molecule has 0 bridgehead atoms. The van der Waals surface area contributed by atoms with E-state index in [0.29, 0.717) is 6.54 Å². The molecule has 180 valence electrons. The molecular weight excluding hydrogens is 454 g/mol. The Morgan fingerprint density at radius 2 is 1.69 bits per heavy atom. The zero-order valence-corrected chi connectivity index (χ0v) is 21.0. The molecule has 4 nitrogen and oxygen atoms in total. The van der Waals surface area contributed by atoms with Gasteiger partial charge in [0.25, 0.3) is 0 Å². The van der Waals surface area contributed by atoms with Crippen LogP contribution < -0.4 is 5.32 Å². The summed E-state index contributed by atoms with van der Waals surface area (Å²) in [6.45, 7) is 6.22. The van der Waals surface area contributed by atoms with Gasteiger partial charge in [-0.1, -0.05) is 71.8 Å². The molecule has 0 atom stereocenters. The lowest BCUT2D eigenvalue weighted by Gasteiger charge is -2.31. The van der Waals surface area contributed by atoms with E-state index in [-0.39, 0.29) is 11.8 Å². The fraction of sp³-hybridized carbons (Fsp3) is 0.300. The first-order chi connectivity index (χ1) is 17.0. The van der Waals surface area contributed by atoms with Gasteiger partial charge in [0.05, 0.1) is 0 Å². The summed E-state index contributed by atoms with van der Waals surface area (Å²) in [6, 6.07) is 27.3. The average molecular weight is 486 g/mol. The molecule has 0 unspecified atom stereocenters. The summed E-state index contributed by atoms with van der Waals surface area (Å²) in [5.41, 5.74) is 6.12. The highest BCUT2D eigenvalue weighted by atomic mass is 35.5. The van der Waals surface area contributed by atoms with Crippen molar-refractivity contribution in [3.8, 4) is 0 Å². The van der Waals surface area contributed by atoms with Crippen molar-refractivity contribution < 1.29 is 4.79 Å². The summed E-state index contributed by atoms with van der Waals surface area (Å²) in [6.07, 6.45) is 1.79. The lowest BCUT2D eigenvalue weighted by Crippen LogP contribution is -2.40. The Hall–Kier alpha value is -3.08. The first kappa shape index (κ1) is 23.7. The number of amides is 1. The first-order valence-corrected chi connectivity index (χ1v) is 12.8. The molecule has 0 radical (unpaired) electrons. The Morgan fingerprint density at radius 3 is 2.46 bits per heavy atom. The highest BCUT2D eigenvalue weighted by Crippen LogP contribution is 2.25. The van der Waals surface area contributed by atoms with E-state index in [1.807, 2.05) is 18.2 Å². The number of nitrogens with one attached hydrogen (secondary N) is 1. The SMILES string of the molecule is Cc1ccc(CNC(=O)C2CCN(Cc3cc4ccccc4n3Cc3cccc(Cl)c3)CC2)cc1. The van der Waals surface area contributed by atoms with Crippen molar-refractivity contribution >= 4 is 28.4 Å². The minimum Gasteiger partial charge on any atom is -0.352 e. The van der Waals surface area contributed by atoms with Gasteiger partial charge in [-0.15, -0.1) is 0 Å². The van der Waals surface area contributed by atoms with Crippen LogP contribution in [-0.2, 0) is 24.4 Å². The number of hydrogen-bond acceptors (Lipinski definition) is 2. The molecule has 0 aliphatic carbocycles. The lowest BCUT2D eigenvalue weighted by atomic mass is 9.95. The van der Waals surface area contributed by atoms with Crippen LogP contribution in [0.5, 0.6) is 0 Å². The maximum Gasteiger partial charge on any atom is 0.223 e. The zero-order chi connectivity index (χ0) is 24.2. The van der Waals surface area contributed by atoms with Gasteiger partial charge in [-0.25, -0.2) is 0 Å². The van der Waals surface area contributed by atoms with Crippen LogP contribution in [-0.4, -0.2) is 28.5 Å². The summed E-state index contributed by atoms with van der Waals surface area (Å²) in [4.78, 5) is 15.2. The van der Waals surface area contributed by atoms with Gasteiger partial charge in [0, 0.05) is 41.8 Å². The quantitative estimate of drug-likeness (QED) is 0.339. The highest BCUT2D eigenvalue weighted by Gasteiger charge is 2.25. The predicted molar refractivity (Wildman–Crippen MR) is 144 cm³/mol. The molecule has 2 heterocycles. The van der Waals surface area contributed by atoms with Gasteiger partial charge in [-0.3, -0.25) is 9.69 Å². The maximum absolute atomic E-state index is 12.8. The Bertz CT molecular complexity index is 1300. The van der Waals surface area contributed by atoms with E-state index in [1.165, 1.54) is 27.7 Å². The van der Waals surface area contributed by atoms with Crippen molar-refractivity contribution in [2.45, 2.75) is 39.4 Å². The third-order valence-corrected chi connectivity index (χ3v) is 7.29. The second-order valence-electron chi connectivity index (χ2n) is 9.66. The molecule has 5 rings (SSSR count). The van der Waals surface area contributed by atoms with E-state index in [9.17, 15) is 4.79 Å². The minimum absolute atomic E-state index is 0.0917. The number of para-hydroxylation sites is 1. The van der Waals surface area contributed by atoms with Crippen LogP contribution in [0.2, 0.25) is 5.02 Å². The Kier molecular flexibility index (Phi) is 7.21. The third kappa shape index (κ3) is 5.77. The van der Waals surface area contributed by atoms with E-state index in [1.54, 1.807) is 0 Å². The number of rotatable bonds is 7. The molecule has 0 spiro atoms. The normalized spacial score (nSPS) is 14.9. The van der Waals surface area contributed by atoms with Crippen molar-refractivity contribution in [2.75, 3.05) is 13.1 Å². The average Bonchev–Trinajstić information content (AvgIpc) is 3.20. The molecule has 1 amide bonds. The van der Waals surface area contributed by atoms with Crippen LogP contribution in [0, 0.1) is 12.8 Å². The van der Waals surface area contributed by atoms with Crippen LogP contribution in [0.4, 0.5) is 0 Å². The maximum atomic E-state index is 12.8. The summed E-state index contributed by atoms with van der Waals surface area (Å²) >= 11 is 6.25. The number of carbonyl (C=O) groups excluding carboxylic acids is 1. The summed E-state index contributed by atoms with van der Waals surface area (Å²) in [7, 11) is 0. The molecule has 1 aliphatic rings. The number of hydrogen-bond donors (Lipinski definition) is 1. The lowest BCUT2D eigenvalue weighted by molar-refractivity contribution is -0.126. The van der Waals surface area contributed by atoms with Crippen molar-refractivity contribution in [3.63, 3.8) is 0 Å². The zero-order valence-electron chi connectivity index (χ0n) is 20.2. The number of piperidine rings is 1. The van der Waals surface area contributed by atoms with Crippen molar-refractivity contribution in [1.82, 2.24) is 14.8 Å². The predicted octanol–water partition coefficient (Wildman–Crippen LogP) is 6.18. The summed E-state index contributed by atoms with van der Waals surface area (Å²) in [5, 5.41) is 5.17. The second-order valence-corrected chi connectivity index (χ2v) is 10.1. The molecule has 1 aromatic heterocycles. The van der Waals surface area contributed by atoms with E-state index >= 15 is 0 Å². The summed E-state index contributed by atoms with van der Waals surface area (Å²) in [5.74, 6) is 0.273. The number of aromatic nitrogens is 1. The smallest absolute Gasteiger partial charge is 0.223 e. The largest absolute Gasteiger partial charge is 0.352 e. The Morgan fingerprint density at radius 1 is 0.914 bits per heavy atom. The Balaban J connectivity index is 1.22. The first-order valence-electron chi connectivity index (χ1n) is 12.4. The molecule has 1 aliphatic heterocycles. The second kappa shape index (κ2) is 10.7. The number of nitrogens with zero attached hydrogens (tertiary/aromatic N) is 2. The van der Waals surface area contributed by atoms with Crippen molar-refractivity contribution in [1.29, 1.82) is 0 Å². The standard InChI is InChI=1S/C30H32ClN3O/c1-22-9-11-23(12-10-22)19-32-30(35)25-13-15-33(16-14-25)21-28-18-26-6-2-3-8-29(26)34(28)20-24-5-4-7-27(31)17-24/h2-12,17-18,25H,13-16,19-21H2,1H3,(H,32,35). The topological polar surface area (TPSA) is 37.3 Å². The fourth-order valence-corrected chi connectivity index (χ4v) is 5.24. The molecule has 1 N–H and O–H groups in total. The van der Waals surface area contributed by atoms with Gasteiger partial charge in [0.15, 0.2) is 0 Å². The fourth-order valence-electron chi connectivity index (χ4n) is 5.02. The van der Waals surface area contributed by atoms with Gasteiger partial charge >= 0.3 is 0 Å². The third-order valence-electron chi connectivity index (χ3n) is 7.06. The number of halogens is 1. The molecule has 1 saturated heterocycles.